The van der Waals surface area contributed by atoms with E-state index in [-0.39, 0.29) is 0 Å². The zero-order valence-corrected chi connectivity index (χ0v) is 12.0. The molecule has 5 heteroatoms. The molecule has 1 heterocycles. The standard InChI is InChI=1S/C13H12BrN3S/c14-10-3-4-11(13(15)18)12(6-10)17-8-9-2-1-5-16-7-9/h1-7,17H,8H2,(H2,15,18). The number of rotatable bonds is 4. The van der Waals surface area contributed by atoms with Gasteiger partial charge in [0.25, 0.3) is 0 Å². The number of nitrogens with one attached hydrogen (secondary N) is 1. The van der Waals surface area contributed by atoms with E-state index < -0.39 is 0 Å². The second-order valence-electron chi connectivity index (χ2n) is 3.77. The number of thiocarbonyl (C=S) groups is 1. The first-order valence-corrected chi connectivity index (χ1v) is 6.59. The molecule has 1 aromatic carbocycles. The van der Waals surface area contributed by atoms with Crippen LogP contribution < -0.4 is 11.1 Å². The molecule has 0 aliphatic heterocycles. The first-order valence-electron chi connectivity index (χ1n) is 5.39. The molecule has 0 saturated carbocycles. The van der Waals surface area contributed by atoms with E-state index in [1.807, 2.05) is 36.5 Å². The number of aromatic nitrogens is 1. The maximum Gasteiger partial charge on any atom is 0.106 e. The Hall–Kier alpha value is -1.46. The van der Waals surface area contributed by atoms with E-state index in [2.05, 4.69) is 26.2 Å². The molecule has 18 heavy (non-hydrogen) atoms. The van der Waals surface area contributed by atoms with Gasteiger partial charge in [-0.2, -0.15) is 0 Å². The average molecular weight is 322 g/mol. The largest absolute Gasteiger partial charge is 0.389 e. The molecule has 0 aliphatic carbocycles. The third kappa shape index (κ3) is 3.27. The molecular weight excluding hydrogens is 310 g/mol. The van der Waals surface area contributed by atoms with Crippen molar-refractivity contribution in [2.45, 2.75) is 6.54 Å². The van der Waals surface area contributed by atoms with Crippen LogP contribution in [0.2, 0.25) is 0 Å². The van der Waals surface area contributed by atoms with Crippen LogP contribution in [0.4, 0.5) is 5.69 Å². The van der Waals surface area contributed by atoms with Gasteiger partial charge in [-0.25, -0.2) is 0 Å². The molecular formula is C13H12BrN3S. The number of halogens is 1. The monoisotopic (exact) mass is 321 g/mol. The summed E-state index contributed by atoms with van der Waals surface area (Å²) in [6.07, 6.45) is 3.58. The van der Waals surface area contributed by atoms with E-state index in [0.29, 0.717) is 11.5 Å². The number of hydrogen-bond donors (Lipinski definition) is 2. The Morgan fingerprint density at radius 3 is 2.89 bits per heavy atom. The average Bonchev–Trinajstić information content (AvgIpc) is 2.37. The lowest BCUT2D eigenvalue weighted by Crippen LogP contribution is -2.13. The molecule has 0 amide bonds. The number of nitrogens with two attached hydrogens (primary N) is 1. The molecule has 0 radical (unpaired) electrons. The lowest BCUT2D eigenvalue weighted by atomic mass is 10.1. The minimum Gasteiger partial charge on any atom is -0.389 e. The second kappa shape index (κ2) is 5.93. The van der Waals surface area contributed by atoms with Gasteiger partial charge in [-0.05, 0) is 29.8 Å². The van der Waals surface area contributed by atoms with Crippen LogP contribution in [-0.2, 0) is 6.54 Å². The fourth-order valence-electron chi connectivity index (χ4n) is 1.58. The molecule has 0 aliphatic rings. The Balaban J connectivity index is 2.18. The summed E-state index contributed by atoms with van der Waals surface area (Å²) >= 11 is 8.47. The van der Waals surface area contributed by atoms with Crippen molar-refractivity contribution < 1.29 is 0 Å². The van der Waals surface area contributed by atoms with Gasteiger partial charge in [0.05, 0.1) is 0 Å². The van der Waals surface area contributed by atoms with Crippen molar-refractivity contribution in [3.05, 3.63) is 58.3 Å². The van der Waals surface area contributed by atoms with E-state index in [1.165, 1.54) is 0 Å². The van der Waals surface area contributed by atoms with Gasteiger partial charge in [0.2, 0.25) is 0 Å². The first-order chi connectivity index (χ1) is 8.66. The molecule has 0 atom stereocenters. The quantitative estimate of drug-likeness (QED) is 0.850. The van der Waals surface area contributed by atoms with Gasteiger partial charge >= 0.3 is 0 Å². The molecule has 0 bridgehead atoms. The SMILES string of the molecule is NC(=S)c1ccc(Br)cc1NCc1cccnc1. The summed E-state index contributed by atoms with van der Waals surface area (Å²) in [5.41, 5.74) is 8.56. The van der Waals surface area contributed by atoms with E-state index in [9.17, 15) is 0 Å². The Labute approximate surface area is 120 Å². The van der Waals surface area contributed by atoms with Crippen molar-refractivity contribution >= 4 is 38.8 Å². The van der Waals surface area contributed by atoms with Crippen LogP contribution in [0.25, 0.3) is 0 Å². The minimum absolute atomic E-state index is 0.385. The lowest BCUT2D eigenvalue weighted by Gasteiger charge is -2.11. The van der Waals surface area contributed by atoms with Crippen molar-refractivity contribution in [3.63, 3.8) is 0 Å². The van der Waals surface area contributed by atoms with Crippen LogP contribution in [0.1, 0.15) is 11.1 Å². The highest BCUT2D eigenvalue weighted by Gasteiger charge is 2.05. The third-order valence-corrected chi connectivity index (χ3v) is 3.17. The number of anilines is 1. The zero-order valence-electron chi connectivity index (χ0n) is 9.56. The maximum absolute atomic E-state index is 5.70. The molecule has 2 aromatic rings. The van der Waals surface area contributed by atoms with Gasteiger partial charge in [-0.3, -0.25) is 4.98 Å². The smallest absolute Gasteiger partial charge is 0.106 e. The predicted molar refractivity (Wildman–Crippen MR) is 81.6 cm³/mol. The molecule has 2 rings (SSSR count). The van der Waals surface area contributed by atoms with Gasteiger partial charge in [0, 0.05) is 34.7 Å². The molecule has 0 unspecified atom stereocenters. The number of hydrogen-bond acceptors (Lipinski definition) is 3. The molecule has 0 fully saturated rings. The number of nitrogens with zero attached hydrogens (tertiary/aromatic N) is 1. The molecule has 0 saturated heterocycles. The van der Waals surface area contributed by atoms with Crippen molar-refractivity contribution in [1.82, 2.24) is 4.98 Å². The highest BCUT2D eigenvalue weighted by molar-refractivity contribution is 9.10. The van der Waals surface area contributed by atoms with E-state index >= 15 is 0 Å². The van der Waals surface area contributed by atoms with Crippen LogP contribution in [0.15, 0.2) is 47.2 Å². The van der Waals surface area contributed by atoms with Crippen LogP contribution in [0.3, 0.4) is 0 Å². The second-order valence-corrected chi connectivity index (χ2v) is 5.12. The molecule has 3 N–H and O–H groups in total. The fourth-order valence-corrected chi connectivity index (χ4v) is 2.12. The summed E-state index contributed by atoms with van der Waals surface area (Å²) in [6.45, 7) is 0.680. The summed E-state index contributed by atoms with van der Waals surface area (Å²) in [5.74, 6) is 0. The van der Waals surface area contributed by atoms with Crippen LogP contribution in [0, 0.1) is 0 Å². The third-order valence-electron chi connectivity index (χ3n) is 2.45. The Bertz CT molecular complexity index is 557. The Morgan fingerprint density at radius 1 is 1.39 bits per heavy atom. The molecule has 0 spiro atoms. The lowest BCUT2D eigenvalue weighted by molar-refractivity contribution is 1.11. The molecule has 92 valence electrons. The van der Waals surface area contributed by atoms with Gasteiger partial charge in [0.15, 0.2) is 0 Å². The van der Waals surface area contributed by atoms with Crippen molar-refractivity contribution in [3.8, 4) is 0 Å². The normalized spacial score (nSPS) is 10.1. The van der Waals surface area contributed by atoms with Gasteiger partial charge in [0.1, 0.15) is 4.99 Å². The van der Waals surface area contributed by atoms with Crippen molar-refractivity contribution in [1.29, 1.82) is 0 Å². The highest BCUT2D eigenvalue weighted by Crippen LogP contribution is 2.22. The minimum atomic E-state index is 0.385. The Morgan fingerprint density at radius 2 is 2.22 bits per heavy atom. The summed E-state index contributed by atoms with van der Waals surface area (Å²) in [7, 11) is 0. The first kappa shape index (κ1) is 13.0. The summed E-state index contributed by atoms with van der Waals surface area (Å²) in [4.78, 5) is 4.46. The van der Waals surface area contributed by atoms with Crippen LogP contribution in [0.5, 0.6) is 0 Å². The molecule has 3 nitrogen and oxygen atoms in total. The van der Waals surface area contributed by atoms with E-state index in [1.54, 1.807) is 6.20 Å². The van der Waals surface area contributed by atoms with Crippen molar-refractivity contribution in [2.75, 3.05) is 5.32 Å². The predicted octanol–water partition coefficient (Wildman–Crippen LogP) is 3.09. The van der Waals surface area contributed by atoms with Crippen molar-refractivity contribution in [2.24, 2.45) is 5.73 Å². The van der Waals surface area contributed by atoms with Gasteiger partial charge in [-0.15, -0.1) is 0 Å². The zero-order chi connectivity index (χ0) is 13.0. The van der Waals surface area contributed by atoms with Gasteiger partial charge in [-0.1, -0.05) is 34.2 Å². The Kier molecular flexibility index (Phi) is 4.28. The highest BCUT2D eigenvalue weighted by atomic mass is 79.9. The maximum atomic E-state index is 5.70. The summed E-state index contributed by atoms with van der Waals surface area (Å²) in [6, 6.07) is 9.71. The molecule has 1 aromatic heterocycles. The summed E-state index contributed by atoms with van der Waals surface area (Å²) in [5, 5.41) is 3.31. The number of benzene rings is 1. The van der Waals surface area contributed by atoms with Crippen LogP contribution >= 0.6 is 28.1 Å². The summed E-state index contributed by atoms with van der Waals surface area (Å²) < 4.78 is 0.983. The van der Waals surface area contributed by atoms with E-state index in [0.717, 1.165) is 21.3 Å². The topological polar surface area (TPSA) is 50.9 Å². The van der Waals surface area contributed by atoms with E-state index in [4.69, 9.17) is 18.0 Å². The van der Waals surface area contributed by atoms with Crippen LogP contribution in [-0.4, -0.2) is 9.97 Å². The fraction of sp³-hybridized carbons (Fsp3) is 0.0769. The number of pyridine rings is 1. The van der Waals surface area contributed by atoms with Gasteiger partial charge < -0.3 is 11.1 Å².